The van der Waals surface area contributed by atoms with Gasteiger partial charge in [0, 0.05) is 17.8 Å². The van der Waals surface area contributed by atoms with Crippen molar-refractivity contribution < 1.29 is 14.2 Å². The maximum absolute atomic E-state index is 5.35. The van der Waals surface area contributed by atoms with Gasteiger partial charge in [0.05, 0.1) is 31.7 Å². The molecule has 1 aromatic heterocycles. The lowest BCUT2D eigenvalue weighted by Gasteiger charge is -2.12. The van der Waals surface area contributed by atoms with Crippen molar-refractivity contribution in [2.45, 2.75) is 0 Å². The number of ether oxygens (including phenoxy) is 3. The second-order valence-corrected chi connectivity index (χ2v) is 4.16. The van der Waals surface area contributed by atoms with Crippen molar-refractivity contribution in [1.82, 2.24) is 4.98 Å². The molecule has 0 aliphatic rings. The zero-order valence-corrected chi connectivity index (χ0v) is 10.7. The van der Waals surface area contributed by atoms with E-state index < -0.39 is 0 Å². The Hall–Kier alpha value is -1.75. The predicted molar refractivity (Wildman–Crippen MR) is 67.2 cm³/mol. The fraction of sp³-hybridized carbons (Fsp3) is 0.250. The van der Waals surface area contributed by atoms with Crippen molar-refractivity contribution in [2.75, 3.05) is 21.3 Å². The maximum atomic E-state index is 5.35. The van der Waals surface area contributed by atoms with Crippen LogP contribution in [-0.4, -0.2) is 26.3 Å². The summed E-state index contributed by atoms with van der Waals surface area (Å²) in [6.07, 6.45) is 1.80. The molecule has 2 aromatic rings. The summed E-state index contributed by atoms with van der Waals surface area (Å²) < 4.78 is 15.9. The first kappa shape index (κ1) is 11.7. The average Bonchev–Trinajstić information content (AvgIpc) is 2.90. The summed E-state index contributed by atoms with van der Waals surface area (Å²) in [5, 5.41) is 0. The number of aromatic nitrogens is 1. The largest absolute Gasteiger partial charge is 0.496 e. The highest BCUT2D eigenvalue weighted by molar-refractivity contribution is 7.13. The molecule has 90 valence electrons. The van der Waals surface area contributed by atoms with Gasteiger partial charge in [-0.3, -0.25) is 4.98 Å². The molecule has 0 N–H and O–H groups in total. The second-order valence-electron chi connectivity index (χ2n) is 3.27. The van der Waals surface area contributed by atoms with E-state index in [0.717, 1.165) is 16.2 Å². The molecule has 0 spiro atoms. The van der Waals surface area contributed by atoms with Crippen LogP contribution in [0.5, 0.6) is 17.2 Å². The van der Waals surface area contributed by atoms with Gasteiger partial charge in [-0.05, 0) is 6.07 Å². The lowest BCUT2D eigenvalue weighted by molar-refractivity contribution is 0.349. The van der Waals surface area contributed by atoms with Crippen LogP contribution in [0.2, 0.25) is 0 Å². The number of rotatable bonds is 4. The Balaban J connectivity index is 2.58. The third kappa shape index (κ3) is 2.19. The number of hydrogen-bond donors (Lipinski definition) is 0. The molecule has 2 rings (SSSR count). The van der Waals surface area contributed by atoms with E-state index in [2.05, 4.69) is 4.98 Å². The van der Waals surface area contributed by atoms with Gasteiger partial charge in [0.1, 0.15) is 5.75 Å². The van der Waals surface area contributed by atoms with Crippen molar-refractivity contribution >= 4 is 11.3 Å². The maximum Gasteiger partial charge on any atom is 0.164 e. The molecule has 17 heavy (non-hydrogen) atoms. The van der Waals surface area contributed by atoms with Crippen molar-refractivity contribution in [2.24, 2.45) is 0 Å². The minimum Gasteiger partial charge on any atom is -0.496 e. The standard InChI is InChI=1S/C12H13NO3S/c1-14-9-5-11(16-3)10(15-2)4-8(9)12-6-13-7-17-12/h4-7H,1-3H3. The molecule has 0 saturated heterocycles. The van der Waals surface area contributed by atoms with Gasteiger partial charge in [-0.1, -0.05) is 0 Å². The Morgan fingerprint density at radius 1 is 0.941 bits per heavy atom. The minimum absolute atomic E-state index is 0.651. The predicted octanol–water partition coefficient (Wildman–Crippen LogP) is 2.84. The van der Waals surface area contributed by atoms with Crippen LogP contribution in [0.25, 0.3) is 10.4 Å². The summed E-state index contributed by atoms with van der Waals surface area (Å²) in [5.74, 6) is 2.07. The van der Waals surface area contributed by atoms with Gasteiger partial charge in [0.25, 0.3) is 0 Å². The number of methoxy groups -OCH3 is 3. The van der Waals surface area contributed by atoms with E-state index in [1.165, 1.54) is 0 Å². The van der Waals surface area contributed by atoms with E-state index in [9.17, 15) is 0 Å². The third-order valence-electron chi connectivity index (χ3n) is 2.40. The summed E-state index contributed by atoms with van der Waals surface area (Å²) >= 11 is 1.55. The normalized spacial score (nSPS) is 10.1. The highest BCUT2D eigenvalue weighted by Crippen LogP contribution is 2.40. The monoisotopic (exact) mass is 251 g/mol. The van der Waals surface area contributed by atoms with Crippen molar-refractivity contribution in [1.29, 1.82) is 0 Å². The Labute approximate surface area is 104 Å². The second kappa shape index (κ2) is 5.05. The van der Waals surface area contributed by atoms with Gasteiger partial charge in [-0.25, -0.2) is 0 Å². The topological polar surface area (TPSA) is 40.6 Å². The molecule has 1 aromatic carbocycles. The molecule has 0 unspecified atom stereocenters. The third-order valence-corrected chi connectivity index (χ3v) is 3.21. The molecular formula is C12H13NO3S. The fourth-order valence-electron chi connectivity index (χ4n) is 1.57. The van der Waals surface area contributed by atoms with Crippen molar-refractivity contribution in [3.8, 4) is 27.7 Å². The summed E-state index contributed by atoms with van der Waals surface area (Å²) in [6, 6.07) is 3.71. The smallest absolute Gasteiger partial charge is 0.164 e. The van der Waals surface area contributed by atoms with Crippen LogP contribution in [0.3, 0.4) is 0 Å². The Kier molecular flexibility index (Phi) is 3.49. The van der Waals surface area contributed by atoms with E-state index in [4.69, 9.17) is 14.2 Å². The molecule has 0 aliphatic carbocycles. The van der Waals surface area contributed by atoms with Gasteiger partial charge >= 0.3 is 0 Å². The van der Waals surface area contributed by atoms with Crippen molar-refractivity contribution in [3.63, 3.8) is 0 Å². The number of benzene rings is 1. The molecule has 1 heterocycles. The lowest BCUT2D eigenvalue weighted by Crippen LogP contribution is -1.94. The number of thiazole rings is 1. The van der Waals surface area contributed by atoms with E-state index in [1.807, 2.05) is 12.1 Å². The zero-order chi connectivity index (χ0) is 12.3. The Morgan fingerprint density at radius 2 is 1.59 bits per heavy atom. The molecule has 0 bridgehead atoms. The Bertz CT molecular complexity index is 497. The van der Waals surface area contributed by atoms with Crippen LogP contribution in [0.4, 0.5) is 0 Å². The van der Waals surface area contributed by atoms with E-state index >= 15 is 0 Å². The van der Waals surface area contributed by atoms with Crippen molar-refractivity contribution in [3.05, 3.63) is 23.8 Å². The minimum atomic E-state index is 0.651. The molecule has 5 heteroatoms. The van der Waals surface area contributed by atoms with Gasteiger partial charge in [-0.2, -0.15) is 0 Å². The molecular weight excluding hydrogens is 238 g/mol. The SMILES string of the molecule is COc1cc(OC)c(-c2cncs2)cc1OC. The first-order chi connectivity index (χ1) is 8.30. The fourth-order valence-corrected chi connectivity index (χ4v) is 2.21. The quantitative estimate of drug-likeness (QED) is 0.837. The zero-order valence-electron chi connectivity index (χ0n) is 9.89. The molecule has 0 atom stereocenters. The summed E-state index contributed by atoms with van der Waals surface area (Å²) in [6.45, 7) is 0. The Morgan fingerprint density at radius 3 is 2.12 bits per heavy atom. The first-order valence-electron chi connectivity index (χ1n) is 4.99. The van der Waals surface area contributed by atoms with Crippen LogP contribution in [0.15, 0.2) is 23.8 Å². The van der Waals surface area contributed by atoms with Gasteiger partial charge < -0.3 is 14.2 Å². The van der Waals surface area contributed by atoms with Crippen LogP contribution in [0.1, 0.15) is 0 Å². The van der Waals surface area contributed by atoms with E-state index in [1.54, 1.807) is 44.4 Å². The van der Waals surface area contributed by atoms with Gasteiger partial charge in [-0.15, -0.1) is 11.3 Å². The van der Waals surface area contributed by atoms with E-state index in [0.29, 0.717) is 11.5 Å². The summed E-state index contributed by atoms with van der Waals surface area (Å²) in [4.78, 5) is 5.09. The molecule has 4 nitrogen and oxygen atoms in total. The number of nitrogens with zero attached hydrogens (tertiary/aromatic N) is 1. The molecule has 0 fully saturated rings. The molecule has 0 amide bonds. The average molecular weight is 251 g/mol. The highest BCUT2D eigenvalue weighted by atomic mass is 32.1. The molecule has 0 aliphatic heterocycles. The molecule has 0 radical (unpaired) electrons. The van der Waals surface area contributed by atoms with Crippen LogP contribution >= 0.6 is 11.3 Å². The summed E-state index contributed by atoms with van der Waals surface area (Å²) in [5.41, 5.74) is 2.73. The van der Waals surface area contributed by atoms with E-state index in [-0.39, 0.29) is 0 Å². The summed E-state index contributed by atoms with van der Waals surface area (Å²) in [7, 11) is 4.84. The van der Waals surface area contributed by atoms with Gasteiger partial charge in [0.15, 0.2) is 11.5 Å². The van der Waals surface area contributed by atoms with Crippen LogP contribution in [0, 0.1) is 0 Å². The first-order valence-corrected chi connectivity index (χ1v) is 5.87. The number of hydrogen-bond acceptors (Lipinski definition) is 5. The van der Waals surface area contributed by atoms with Crippen LogP contribution in [-0.2, 0) is 0 Å². The molecule has 0 saturated carbocycles. The highest BCUT2D eigenvalue weighted by Gasteiger charge is 2.14. The lowest BCUT2D eigenvalue weighted by atomic mass is 10.1. The van der Waals surface area contributed by atoms with Crippen LogP contribution < -0.4 is 14.2 Å². The van der Waals surface area contributed by atoms with Gasteiger partial charge in [0.2, 0.25) is 0 Å².